The number of nitrogens with one attached hydrogen (secondary N) is 1. The number of methoxy groups -OCH3 is 1. The highest BCUT2D eigenvalue weighted by atomic mass is 79.9. The van der Waals surface area contributed by atoms with Crippen LogP contribution < -0.4 is 14.4 Å². The van der Waals surface area contributed by atoms with Gasteiger partial charge in [-0.05, 0) is 79.0 Å². The highest BCUT2D eigenvalue weighted by Crippen LogP contribution is 2.31. The number of likely N-dealkylation sites (N-methyl/N-ethyl adjacent to an activating group) is 1. The second kappa shape index (κ2) is 13.8. The summed E-state index contributed by atoms with van der Waals surface area (Å²) in [5, 5.41) is 2.81. The Hall–Kier alpha value is -3.37. The number of halogens is 1. The zero-order valence-corrected chi connectivity index (χ0v) is 25.9. The SMILES string of the molecule is CCNC(=O)C(CC)N(Cc1ccc(C)cc1)C(=O)CN(c1ccc(C)cc1)S(=O)(=O)c1ccc(OC)c(Br)c1. The van der Waals surface area contributed by atoms with Crippen LogP contribution >= 0.6 is 15.9 Å². The topological polar surface area (TPSA) is 96.0 Å². The molecular formula is C30H36BrN3O5S. The van der Waals surface area contributed by atoms with E-state index >= 15 is 0 Å². The van der Waals surface area contributed by atoms with Gasteiger partial charge in [-0.2, -0.15) is 0 Å². The molecule has 8 nitrogen and oxygen atoms in total. The summed E-state index contributed by atoms with van der Waals surface area (Å²) in [6.07, 6.45) is 0.367. The summed E-state index contributed by atoms with van der Waals surface area (Å²) < 4.78 is 34.8. The van der Waals surface area contributed by atoms with Crippen molar-refractivity contribution < 1.29 is 22.7 Å². The number of ether oxygens (including phenoxy) is 1. The molecule has 0 saturated carbocycles. The van der Waals surface area contributed by atoms with Crippen LogP contribution in [0.4, 0.5) is 5.69 Å². The van der Waals surface area contributed by atoms with Crippen molar-refractivity contribution in [1.29, 1.82) is 0 Å². The molecule has 10 heteroatoms. The van der Waals surface area contributed by atoms with Crippen LogP contribution in [0.2, 0.25) is 0 Å². The lowest BCUT2D eigenvalue weighted by atomic mass is 10.1. The third-order valence-electron chi connectivity index (χ3n) is 6.52. The first kappa shape index (κ1) is 31.2. The molecule has 0 aromatic heterocycles. The predicted molar refractivity (Wildman–Crippen MR) is 161 cm³/mol. The minimum absolute atomic E-state index is 0.00518. The number of rotatable bonds is 12. The van der Waals surface area contributed by atoms with Crippen molar-refractivity contribution in [2.75, 3.05) is 24.5 Å². The van der Waals surface area contributed by atoms with Gasteiger partial charge in [0, 0.05) is 13.1 Å². The van der Waals surface area contributed by atoms with E-state index in [9.17, 15) is 18.0 Å². The van der Waals surface area contributed by atoms with Crippen molar-refractivity contribution in [3.8, 4) is 5.75 Å². The van der Waals surface area contributed by atoms with Crippen molar-refractivity contribution in [1.82, 2.24) is 10.2 Å². The lowest BCUT2D eigenvalue weighted by Crippen LogP contribution is -2.52. The van der Waals surface area contributed by atoms with Gasteiger partial charge in [-0.1, -0.05) is 54.4 Å². The van der Waals surface area contributed by atoms with E-state index in [1.54, 1.807) is 30.3 Å². The second-order valence-electron chi connectivity index (χ2n) is 9.47. The van der Waals surface area contributed by atoms with Gasteiger partial charge in [0.25, 0.3) is 10.0 Å². The molecule has 1 unspecified atom stereocenters. The zero-order chi connectivity index (χ0) is 29.4. The number of carbonyl (C=O) groups excluding carboxylic acids is 2. The number of benzene rings is 3. The zero-order valence-electron chi connectivity index (χ0n) is 23.5. The first-order valence-corrected chi connectivity index (χ1v) is 15.3. The quantitative estimate of drug-likeness (QED) is 0.297. The van der Waals surface area contributed by atoms with E-state index < -0.39 is 28.5 Å². The number of nitrogens with zero attached hydrogens (tertiary/aromatic N) is 2. The molecule has 3 rings (SSSR count). The summed E-state index contributed by atoms with van der Waals surface area (Å²) >= 11 is 3.36. The van der Waals surface area contributed by atoms with E-state index in [0.29, 0.717) is 28.9 Å². The summed E-state index contributed by atoms with van der Waals surface area (Å²) in [4.78, 5) is 28.5. The predicted octanol–water partition coefficient (Wildman–Crippen LogP) is 5.21. The lowest BCUT2D eigenvalue weighted by molar-refractivity contribution is -0.140. The molecule has 0 spiro atoms. The van der Waals surface area contributed by atoms with Crippen molar-refractivity contribution in [3.63, 3.8) is 0 Å². The highest BCUT2D eigenvalue weighted by molar-refractivity contribution is 9.10. The van der Waals surface area contributed by atoms with E-state index in [2.05, 4.69) is 21.2 Å². The normalized spacial score (nSPS) is 11.9. The third-order valence-corrected chi connectivity index (χ3v) is 8.91. The number of hydrogen-bond acceptors (Lipinski definition) is 5. The smallest absolute Gasteiger partial charge is 0.264 e. The Bertz CT molecular complexity index is 1430. The molecule has 0 aliphatic rings. The molecule has 1 atom stereocenters. The van der Waals surface area contributed by atoms with Crippen LogP contribution in [0.1, 0.15) is 37.0 Å². The van der Waals surface area contributed by atoms with Crippen LogP contribution in [0.5, 0.6) is 5.75 Å². The molecule has 0 aliphatic carbocycles. The minimum atomic E-state index is -4.18. The van der Waals surface area contributed by atoms with Crippen molar-refractivity contribution in [3.05, 3.63) is 87.9 Å². The van der Waals surface area contributed by atoms with Gasteiger partial charge >= 0.3 is 0 Å². The Labute approximate surface area is 245 Å². The summed E-state index contributed by atoms with van der Waals surface area (Å²) in [5.41, 5.74) is 3.19. The van der Waals surface area contributed by atoms with Crippen LogP contribution in [0, 0.1) is 13.8 Å². The maximum absolute atomic E-state index is 14.0. The standard InChI is InChI=1S/C30H36BrN3O5S/c1-6-27(30(36)32-7-2)33(19-23-12-8-21(3)9-13-23)29(35)20-34(24-14-10-22(4)11-15-24)40(37,38)25-16-17-28(39-5)26(31)18-25/h8-18,27H,6-7,19-20H2,1-5H3,(H,32,36). The second-order valence-corrected chi connectivity index (χ2v) is 12.2. The molecule has 0 radical (unpaired) electrons. The van der Waals surface area contributed by atoms with E-state index in [1.165, 1.54) is 24.1 Å². The average molecular weight is 631 g/mol. The molecule has 1 N–H and O–H groups in total. The minimum Gasteiger partial charge on any atom is -0.496 e. The molecule has 3 aromatic rings. The van der Waals surface area contributed by atoms with Crippen LogP contribution in [0.15, 0.2) is 76.1 Å². The van der Waals surface area contributed by atoms with Gasteiger partial charge in [-0.15, -0.1) is 0 Å². The van der Waals surface area contributed by atoms with E-state index in [0.717, 1.165) is 21.0 Å². The Morgan fingerprint density at radius 2 is 1.55 bits per heavy atom. The monoisotopic (exact) mass is 629 g/mol. The molecule has 0 saturated heterocycles. The van der Waals surface area contributed by atoms with E-state index in [1.807, 2.05) is 52.0 Å². The van der Waals surface area contributed by atoms with Crippen molar-refractivity contribution in [2.24, 2.45) is 0 Å². The van der Waals surface area contributed by atoms with Crippen LogP contribution in [0.25, 0.3) is 0 Å². The van der Waals surface area contributed by atoms with Crippen LogP contribution in [0.3, 0.4) is 0 Å². The van der Waals surface area contributed by atoms with Crippen LogP contribution in [-0.2, 0) is 26.2 Å². The molecule has 3 aromatic carbocycles. The molecule has 40 heavy (non-hydrogen) atoms. The fraction of sp³-hybridized carbons (Fsp3) is 0.333. The maximum atomic E-state index is 14.0. The van der Waals surface area contributed by atoms with Gasteiger partial charge in [0.1, 0.15) is 18.3 Å². The van der Waals surface area contributed by atoms with Gasteiger partial charge in [0.15, 0.2) is 0 Å². The number of hydrogen-bond donors (Lipinski definition) is 1. The Morgan fingerprint density at radius 3 is 2.08 bits per heavy atom. The molecular weight excluding hydrogens is 594 g/mol. The summed E-state index contributed by atoms with van der Waals surface area (Å²) in [6, 6.07) is 18.3. The lowest BCUT2D eigenvalue weighted by Gasteiger charge is -2.33. The van der Waals surface area contributed by atoms with Gasteiger partial charge in [0.05, 0.1) is 22.2 Å². The Morgan fingerprint density at radius 1 is 0.950 bits per heavy atom. The highest BCUT2D eigenvalue weighted by Gasteiger charge is 2.33. The Balaban J connectivity index is 2.07. The van der Waals surface area contributed by atoms with E-state index in [4.69, 9.17) is 4.74 Å². The summed E-state index contributed by atoms with van der Waals surface area (Å²) in [7, 11) is -2.69. The molecule has 2 amide bonds. The maximum Gasteiger partial charge on any atom is 0.264 e. The fourth-order valence-electron chi connectivity index (χ4n) is 4.28. The fourth-order valence-corrected chi connectivity index (χ4v) is 6.41. The number of carbonyl (C=O) groups is 2. The third kappa shape index (κ3) is 7.42. The van der Waals surface area contributed by atoms with E-state index in [-0.39, 0.29) is 17.3 Å². The first-order valence-electron chi connectivity index (χ1n) is 13.1. The van der Waals surface area contributed by atoms with Gasteiger partial charge in [-0.3, -0.25) is 13.9 Å². The largest absolute Gasteiger partial charge is 0.496 e. The number of anilines is 1. The summed E-state index contributed by atoms with van der Waals surface area (Å²) in [5.74, 6) is -0.293. The number of aryl methyl sites for hydroxylation is 2. The summed E-state index contributed by atoms with van der Waals surface area (Å²) in [6.45, 7) is 7.60. The van der Waals surface area contributed by atoms with Gasteiger partial charge in [0.2, 0.25) is 11.8 Å². The average Bonchev–Trinajstić information content (AvgIpc) is 2.93. The molecule has 0 bridgehead atoms. The van der Waals surface area contributed by atoms with Crippen molar-refractivity contribution in [2.45, 2.75) is 51.6 Å². The molecule has 0 heterocycles. The number of sulfonamides is 1. The molecule has 0 fully saturated rings. The molecule has 0 aliphatic heterocycles. The van der Waals surface area contributed by atoms with Gasteiger partial charge < -0.3 is 15.0 Å². The Kier molecular flexibility index (Phi) is 10.8. The van der Waals surface area contributed by atoms with Gasteiger partial charge in [-0.25, -0.2) is 8.42 Å². The van der Waals surface area contributed by atoms with Crippen LogP contribution in [-0.4, -0.2) is 51.4 Å². The van der Waals surface area contributed by atoms with Crippen molar-refractivity contribution >= 4 is 43.5 Å². The molecule has 214 valence electrons. The first-order chi connectivity index (χ1) is 19.0. The number of amides is 2.